The van der Waals surface area contributed by atoms with E-state index in [2.05, 4.69) is 0 Å². The number of benzene rings is 2. The fraction of sp³-hybridized carbons (Fsp3) is 0.143. The molecule has 4 heteroatoms. The Balaban J connectivity index is 2.41. The van der Waals surface area contributed by atoms with Crippen LogP contribution >= 0.6 is 11.8 Å². The van der Waals surface area contributed by atoms with Gasteiger partial charge in [0, 0.05) is 15.4 Å². The molecule has 0 saturated heterocycles. The molecule has 0 amide bonds. The first-order chi connectivity index (χ1) is 8.59. The lowest BCUT2D eigenvalue weighted by Crippen LogP contribution is -1.98. The molecule has 0 bridgehead atoms. The highest BCUT2D eigenvalue weighted by atomic mass is 32.2. The topological polar surface area (TPSA) is 20.2 Å². The highest BCUT2D eigenvalue weighted by Crippen LogP contribution is 2.35. The molecule has 0 unspecified atom stereocenters. The van der Waals surface area contributed by atoms with Crippen molar-refractivity contribution < 1.29 is 13.9 Å². The quantitative estimate of drug-likeness (QED) is 0.899. The van der Waals surface area contributed by atoms with Gasteiger partial charge in [-0.1, -0.05) is 30.0 Å². The average Bonchev–Trinajstić information content (AvgIpc) is 2.31. The van der Waals surface area contributed by atoms with E-state index in [1.54, 1.807) is 30.3 Å². The van der Waals surface area contributed by atoms with Crippen molar-refractivity contribution in [1.29, 1.82) is 0 Å². The molecular formula is C14H12F2OS. The zero-order valence-corrected chi connectivity index (χ0v) is 10.5. The third kappa shape index (κ3) is 2.71. The van der Waals surface area contributed by atoms with Gasteiger partial charge in [0.1, 0.15) is 11.6 Å². The SMILES string of the molecule is C[C@@H](O)c1c(F)cccc1Sc1ccccc1F. The zero-order chi connectivity index (χ0) is 13.1. The summed E-state index contributed by atoms with van der Waals surface area (Å²) >= 11 is 1.11. The van der Waals surface area contributed by atoms with Crippen molar-refractivity contribution in [2.24, 2.45) is 0 Å². The van der Waals surface area contributed by atoms with Crippen molar-refractivity contribution >= 4 is 11.8 Å². The molecule has 2 aromatic carbocycles. The van der Waals surface area contributed by atoms with E-state index >= 15 is 0 Å². The summed E-state index contributed by atoms with van der Waals surface area (Å²) in [5.74, 6) is -0.838. The molecule has 2 aromatic rings. The normalized spacial score (nSPS) is 12.4. The molecule has 0 saturated carbocycles. The van der Waals surface area contributed by atoms with E-state index in [0.717, 1.165) is 11.8 Å². The van der Waals surface area contributed by atoms with Gasteiger partial charge in [0.05, 0.1) is 6.10 Å². The molecule has 18 heavy (non-hydrogen) atoms. The minimum atomic E-state index is -0.930. The summed E-state index contributed by atoms with van der Waals surface area (Å²) in [6, 6.07) is 10.8. The number of rotatable bonds is 3. The highest BCUT2D eigenvalue weighted by Gasteiger charge is 2.15. The van der Waals surface area contributed by atoms with E-state index < -0.39 is 11.9 Å². The smallest absolute Gasteiger partial charge is 0.137 e. The van der Waals surface area contributed by atoms with Gasteiger partial charge in [-0.25, -0.2) is 8.78 Å². The van der Waals surface area contributed by atoms with Crippen LogP contribution in [0.5, 0.6) is 0 Å². The van der Waals surface area contributed by atoms with Crippen LogP contribution in [0.15, 0.2) is 52.3 Å². The number of halogens is 2. The summed E-state index contributed by atoms with van der Waals surface area (Å²) in [4.78, 5) is 0.931. The molecule has 0 radical (unpaired) electrons. The second-order valence-corrected chi connectivity index (χ2v) is 4.94. The third-order valence-electron chi connectivity index (χ3n) is 2.49. The largest absolute Gasteiger partial charge is 0.389 e. The molecule has 1 atom stereocenters. The second-order valence-electron chi connectivity index (χ2n) is 3.86. The van der Waals surface area contributed by atoms with Crippen molar-refractivity contribution in [3.63, 3.8) is 0 Å². The standard InChI is InChI=1S/C14H12F2OS/c1-9(17)14-11(16)6-4-8-13(14)18-12-7-3-2-5-10(12)15/h2-9,17H,1H3/t9-/m1/s1. The van der Waals surface area contributed by atoms with Crippen molar-refractivity contribution in [3.8, 4) is 0 Å². The minimum Gasteiger partial charge on any atom is -0.389 e. The third-order valence-corrected chi connectivity index (χ3v) is 3.61. The lowest BCUT2D eigenvalue weighted by atomic mass is 10.1. The van der Waals surface area contributed by atoms with Crippen LogP contribution in [0.3, 0.4) is 0 Å². The summed E-state index contributed by atoms with van der Waals surface area (Å²) in [6.07, 6.45) is -0.930. The van der Waals surface area contributed by atoms with Gasteiger partial charge in [-0.05, 0) is 31.2 Å². The Kier molecular flexibility index (Phi) is 3.99. The van der Waals surface area contributed by atoms with Crippen molar-refractivity contribution in [3.05, 3.63) is 59.7 Å². The first kappa shape index (κ1) is 13.1. The number of hydrogen-bond donors (Lipinski definition) is 1. The maximum Gasteiger partial charge on any atom is 0.137 e. The van der Waals surface area contributed by atoms with Crippen LogP contribution in [0.1, 0.15) is 18.6 Å². The fourth-order valence-corrected chi connectivity index (χ4v) is 2.73. The second kappa shape index (κ2) is 5.50. The van der Waals surface area contributed by atoms with Crippen LogP contribution in [0.25, 0.3) is 0 Å². The first-order valence-electron chi connectivity index (χ1n) is 5.48. The van der Waals surface area contributed by atoms with E-state index in [9.17, 15) is 13.9 Å². The molecule has 0 aliphatic carbocycles. The van der Waals surface area contributed by atoms with Crippen LogP contribution in [0, 0.1) is 11.6 Å². The zero-order valence-electron chi connectivity index (χ0n) is 9.73. The highest BCUT2D eigenvalue weighted by molar-refractivity contribution is 7.99. The molecule has 0 aliphatic rings. The van der Waals surface area contributed by atoms with Crippen LogP contribution in [0.4, 0.5) is 8.78 Å². The molecule has 0 spiro atoms. The van der Waals surface area contributed by atoms with Gasteiger partial charge in [0.25, 0.3) is 0 Å². The molecule has 0 aliphatic heterocycles. The van der Waals surface area contributed by atoms with Crippen LogP contribution in [-0.2, 0) is 0 Å². The van der Waals surface area contributed by atoms with Gasteiger partial charge in [-0.2, -0.15) is 0 Å². The molecule has 2 rings (SSSR count). The molecule has 0 fully saturated rings. The van der Waals surface area contributed by atoms with E-state index in [1.165, 1.54) is 19.1 Å². The maximum absolute atomic E-state index is 13.6. The summed E-state index contributed by atoms with van der Waals surface area (Å²) in [5, 5.41) is 9.59. The predicted octanol–water partition coefficient (Wildman–Crippen LogP) is 4.17. The van der Waals surface area contributed by atoms with Crippen LogP contribution in [-0.4, -0.2) is 5.11 Å². The average molecular weight is 266 g/mol. The molecular weight excluding hydrogens is 254 g/mol. The van der Waals surface area contributed by atoms with Crippen molar-refractivity contribution in [1.82, 2.24) is 0 Å². The Morgan fingerprint density at radius 3 is 2.22 bits per heavy atom. The summed E-state index contributed by atoms with van der Waals surface area (Å²) in [5.41, 5.74) is 0.200. The molecule has 0 aromatic heterocycles. The molecule has 1 nitrogen and oxygen atoms in total. The van der Waals surface area contributed by atoms with Crippen LogP contribution < -0.4 is 0 Å². The Labute approximate surface area is 108 Å². The fourth-order valence-electron chi connectivity index (χ4n) is 1.66. The number of hydrogen-bond acceptors (Lipinski definition) is 2. The number of aliphatic hydroxyl groups excluding tert-OH is 1. The lowest BCUT2D eigenvalue weighted by molar-refractivity contribution is 0.191. The Bertz CT molecular complexity index is 555. The first-order valence-corrected chi connectivity index (χ1v) is 6.30. The monoisotopic (exact) mass is 266 g/mol. The van der Waals surface area contributed by atoms with E-state index in [1.807, 2.05) is 0 Å². The van der Waals surface area contributed by atoms with Crippen molar-refractivity contribution in [2.75, 3.05) is 0 Å². The maximum atomic E-state index is 13.6. The minimum absolute atomic E-state index is 0.200. The molecule has 94 valence electrons. The molecule has 0 heterocycles. The lowest BCUT2D eigenvalue weighted by Gasteiger charge is -2.12. The van der Waals surface area contributed by atoms with Crippen LogP contribution in [0.2, 0.25) is 0 Å². The molecule has 1 N–H and O–H groups in total. The Morgan fingerprint density at radius 2 is 1.56 bits per heavy atom. The van der Waals surface area contributed by atoms with Gasteiger partial charge in [0.2, 0.25) is 0 Å². The van der Waals surface area contributed by atoms with E-state index in [4.69, 9.17) is 0 Å². The van der Waals surface area contributed by atoms with Gasteiger partial charge in [-0.15, -0.1) is 0 Å². The summed E-state index contributed by atoms with van der Waals surface area (Å²) in [6.45, 7) is 1.49. The van der Waals surface area contributed by atoms with Gasteiger partial charge in [-0.3, -0.25) is 0 Å². The van der Waals surface area contributed by atoms with Gasteiger partial charge in [0.15, 0.2) is 0 Å². The predicted molar refractivity (Wildman–Crippen MR) is 67.6 cm³/mol. The Hall–Kier alpha value is -1.39. The van der Waals surface area contributed by atoms with Gasteiger partial charge < -0.3 is 5.11 Å². The van der Waals surface area contributed by atoms with E-state index in [-0.39, 0.29) is 11.4 Å². The summed E-state index contributed by atoms with van der Waals surface area (Å²) < 4.78 is 27.2. The van der Waals surface area contributed by atoms with E-state index in [0.29, 0.717) is 9.79 Å². The Morgan fingerprint density at radius 1 is 0.944 bits per heavy atom. The van der Waals surface area contributed by atoms with Gasteiger partial charge >= 0.3 is 0 Å². The van der Waals surface area contributed by atoms with Crippen molar-refractivity contribution in [2.45, 2.75) is 22.8 Å². The summed E-state index contributed by atoms with van der Waals surface area (Å²) in [7, 11) is 0. The number of aliphatic hydroxyl groups is 1.